The summed E-state index contributed by atoms with van der Waals surface area (Å²) >= 11 is 5.86. The van der Waals surface area contributed by atoms with Crippen LogP contribution < -0.4 is 0 Å². The molecule has 1 aromatic rings. The molecular formula is C19H22ClNO4. The van der Waals surface area contributed by atoms with Gasteiger partial charge in [0.2, 0.25) is 11.8 Å². The van der Waals surface area contributed by atoms with E-state index in [-0.39, 0.29) is 42.9 Å². The van der Waals surface area contributed by atoms with Crippen LogP contribution >= 0.6 is 11.6 Å². The van der Waals surface area contributed by atoms with Crippen LogP contribution in [0, 0.1) is 11.8 Å². The number of nitrogens with zero attached hydrogens (tertiary/aromatic N) is 1. The molecule has 0 radical (unpaired) electrons. The number of aliphatic hydroxyl groups excluding tert-OH is 1. The number of ether oxygens (including phenoxy) is 1. The Bertz CT molecular complexity index is 647. The molecule has 4 atom stereocenters. The lowest BCUT2D eigenvalue weighted by Crippen LogP contribution is -2.39. The molecule has 1 aliphatic heterocycles. The number of carbonyl (C=O) groups excluding carboxylic acids is 2. The zero-order valence-corrected chi connectivity index (χ0v) is 14.9. The highest BCUT2D eigenvalue weighted by Gasteiger charge is 2.47. The van der Waals surface area contributed by atoms with Crippen molar-refractivity contribution in [2.45, 2.75) is 32.0 Å². The van der Waals surface area contributed by atoms with Gasteiger partial charge in [-0.2, -0.15) is 0 Å². The summed E-state index contributed by atoms with van der Waals surface area (Å²) in [6, 6.07) is 7.30. The molecule has 6 heteroatoms. The molecule has 0 aromatic heterocycles. The van der Waals surface area contributed by atoms with E-state index in [9.17, 15) is 14.7 Å². The van der Waals surface area contributed by atoms with E-state index in [1.165, 1.54) is 4.90 Å². The smallest absolute Gasteiger partial charge is 0.233 e. The van der Waals surface area contributed by atoms with Gasteiger partial charge >= 0.3 is 0 Å². The SMILES string of the molecule is C[C@H](OC[C@H](O)CN1C(=O)[C@H]2CC=CC[C@@H]2C1=O)c1ccc(Cl)cc1. The molecule has 2 amide bonds. The Morgan fingerprint density at radius 1 is 1.16 bits per heavy atom. The lowest BCUT2D eigenvalue weighted by atomic mass is 9.85. The number of benzene rings is 1. The summed E-state index contributed by atoms with van der Waals surface area (Å²) in [5.74, 6) is -0.884. The highest BCUT2D eigenvalue weighted by molar-refractivity contribution is 6.30. The van der Waals surface area contributed by atoms with Crippen LogP contribution in [-0.2, 0) is 14.3 Å². The monoisotopic (exact) mass is 363 g/mol. The first-order chi connectivity index (χ1) is 12.0. The fourth-order valence-electron chi connectivity index (χ4n) is 3.40. The molecule has 3 rings (SSSR count). The van der Waals surface area contributed by atoms with E-state index in [0.717, 1.165) is 5.56 Å². The fourth-order valence-corrected chi connectivity index (χ4v) is 3.52. The second-order valence-corrected chi connectivity index (χ2v) is 7.06. The summed E-state index contributed by atoms with van der Waals surface area (Å²) in [7, 11) is 0. The minimum atomic E-state index is -0.907. The van der Waals surface area contributed by atoms with Crippen molar-refractivity contribution >= 4 is 23.4 Å². The summed E-state index contributed by atoms with van der Waals surface area (Å²) in [4.78, 5) is 26.0. The molecule has 0 saturated carbocycles. The van der Waals surface area contributed by atoms with Gasteiger partial charge in [-0.3, -0.25) is 14.5 Å². The number of allylic oxidation sites excluding steroid dienone is 2. The largest absolute Gasteiger partial charge is 0.389 e. The summed E-state index contributed by atoms with van der Waals surface area (Å²) in [5, 5.41) is 10.9. The summed E-state index contributed by atoms with van der Waals surface area (Å²) in [5.41, 5.74) is 0.946. The number of likely N-dealkylation sites (tertiary alicyclic amines) is 1. The van der Waals surface area contributed by atoms with Crippen molar-refractivity contribution in [3.05, 3.63) is 47.0 Å². The molecule has 1 aliphatic carbocycles. The Balaban J connectivity index is 1.52. The average Bonchev–Trinajstić information content (AvgIpc) is 2.86. The molecule has 5 nitrogen and oxygen atoms in total. The standard InChI is InChI=1S/C19H22ClNO4/c1-12(13-6-8-14(20)9-7-13)25-11-15(22)10-21-18(23)16-4-2-3-5-17(16)19(21)24/h2-3,6-9,12,15-17,22H,4-5,10-11H2,1H3/t12-,15+,16-,17-/m0/s1. The molecule has 0 spiro atoms. The van der Waals surface area contributed by atoms with Gasteiger partial charge < -0.3 is 9.84 Å². The first kappa shape index (κ1) is 18.1. The molecule has 0 bridgehead atoms. The van der Waals surface area contributed by atoms with E-state index in [1.54, 1.807) is 12.1 Å². The van der Waals surface area contributed by atoms with Gasteiger partial charge in [-0.05, 0) is 37.5 Å². The Morgan fingerprint density at radius 2 is 1.72 bits per heavy atom. The number of rotatable bonds is 6. The van der Waals surface area contributed by atoms with Crippen LogP contribution in [0.1, 0.15) is 31.4 Å². The van der Waals surface area contributed by atoms with E-state index >= 15 is 0 Å². The zero-order valence-electron chi connectivity index (χ0n) is 14.1. The van der Waals surface area contributed by atoms with Gasteiger partial charge in [-0.1, -0.05) is 35.9 Å². The van der Waals surface area contributed by atoms with Crippen LogP contribution in [-0.4, -0.2) is 41.1 Å². The van der Waals surface area contributed by atoms with Crippen molar-refractivity contribution in [2.24, 2.45) is 11.8 Å². The Morgan fingerprint density at radius 3 is 2.28 bits per heavy atom. The van der Waals surface area contributed by atoms with Gasteiger partial charge in [0.15, 0.2) is 0 Å². The third kappa shape index (κ3) is 3.94. The molecule has 1 N–H and O–H groups in total. The van der Waals surface area contributed by atoms with Crippen molar-refractivity contribution in [1.82, 2.24) is 4.90 Å². The van der Waals surface area contributed by atoms with Gasteiger partial charge in [-0.25, -0.2) is 0 Å². The molecule has 25 heavy (non-hydrogen) atoms. The zero-order chi connectivity index (χ0) is 18.0. The first-order valence-corrected chi connectivity index (χ1v) is 8.90. The topological polar surface area (TPSA) is 66.8 Å². The van der Waals surface area contributed by atoms with Crippen molar-refractivity contribution in [2.75, 3.05) is 13.2 Å². The number of aliphatic hydroxyl groups is 1. The van der Waals surface area contributed by atoms with E-state index in [2.05, 4.69) is 0 Å². The Labute approximate surface area is 152 Å². The second-order valence-electron chi connectivity index (χ2n) is 6.62. The molecule has 1 aromatic carbocycles. The minimum absolute atomic E-state index is 0.0159. The van der Waals surface area contributed by atoms with Gasteiger partial charge in [-0.15, -0.1) is 0 Å². The number of halogens is 1. The van der Waals surface area contributed by atoms with Crippen LogP contribution in [0.5, 0.6) is 0 Å². The van der Waals surface area contributed by atoms with Crippen LogP contribution in [0.25, 0.3) is 0 Å². The maximum Gasteiger partial charge on any atom is 0.233 e. The van der Waals surface area contributed by atoms with E-state index in [1.807, 2.05) is 31.2 Å². The predicted octanol–water partition coefficient (Wildman–Crippen LogP) is 2.73. The van der Waals surface area contributed by atoms with E-state index < -0.39 is 6.10 Å². The minimum Gasteiger partial charge on any atom is -0.389 e. The van der Waals surface area contributed by atoms with Crippen molar-refractivity contribution < 1.29 is 19.4 Å². The quantitative estimate of drug-likeness (QED) is 0.623. The van der Waals surface area contributed by atoms with E-state index in [0.29, 0.717) is 17.9 Å². The third-order valence-corrected chi connectivity index (χ3v) is 5.12. The van der Waals surface area contributed by atoms with Crippen molar-refractivity contribution in [3.8, 4) is 0 Å². The number of β-amino-alcohol motifs (C(OH)–C–C–N with tert-alkyl or cyclic N) is 1. The average molecular weight is 364 g/mol. The first-order valence-electron chi connectivity index (χ1n) is 8.52. The lowest BCUT2D eigenvalue weighted by Gasteiger charge is -2.21. The molecule has 2 aliphatic rings. The van der Waals surface area contributed by atoms with Crippen LogP contribution in [0.4, 0.5) is 0 Å². The molecular weight excluding hydrogens is 342 g/mol. The molecule has 1 fully saturated rings. The number of fused-ring (bicyclic) bond motifs is 1. The number of carbonyl (C=O) groups is 2. The number of hydrogen-bond acceptors (Lipinski definition) is 4. The van der Waals surface area contributed by atoms with E-state index in [4.69, 9.17) is 16.3 Å². The summed E-state index contributed by atoms with van der Waals surface area (Å²) < 4.78 is 5.67. The van der Waals surface area contributed by atoms with Crippen LogP contribution in [0.15, 0.2) is 36.4 Å². The third-order valence-electron chi connectivity index (χ3n) is 4.87. The lowest BCUT2D eigenvalue weighted by molar-refractivity contribution is -0.142. The van der Waals surface area contributed by atoms with Crippen molar-refractivity contribution in [3.63, 3.8) is 0 Å². The second kappa shape index (κ2) is 7.68. The number of imide groups is 1. The van der Waals surface area contributed by atoms with Gasteiger partial charge in [0, 0.05) is 5.02 Å². The normalized spacial score (nSPS) is 25.2. The van der Waals surface area contributed by atoms with Crippen LogP contribution in [0.2, 0.25) is 5.02 Å². The maximum atomic E-state index is 12.4. The maximum absolute atomic E-state index is 12.4. The number of hydrogen-bond donors (Lipinski definition) is 1. The Kier molecular flexibility index (Phi) is 5.57. The molecule has 1 saturated heterocycles. The van der Waals surface area contributed by atoms with Crippen molar-refractivity contribution in [1.29, 1.82) is 0 Å². The van der Waals surface area contributed by atoms with Gasteiger partial charge in [0.05, 0.1) is 37.2 Å². The molecule has 134 valence electrons. The molecule has 1 heterocycles. The summed E-state index contributed by atoms with van der Waals surface area (Å²) in [6.45, 7) is 1.91. The van der Waals surface area contributed by atoms with Gasteiger partial charge in [0.25, 0.3) is 0 Å². The van der Waals surface area contributed by atoms with Gasteiger partial charge in [0.1, 0.15) is 0 Å². The molecule has 0 unspecified atom stereocenters. The highest BCUT2D eigenvalue weighted by atomic mass is 35.5. The summed E-state index contributed by atoms with van der Waals surface area (Å²) in [6.07, 6.45) is 3.98. The fraction of sp³-hybridized carbons (Fsp3) is 0.474. The van der Waals surface area contributed by atoms with Crippen LogP contribution in [0.3, 0.4) is 0 Å². The highest BCUT2D eigenvalue weighted by Crippen LogP contribution is 2.35. The predicted molar refractivity (Wildman–Crippen MR) is 93.9 cm³/mol. The number of amides is 2. The Hall–Kier alpha value is -1.69.